The van der Waals surface area contributed by atoms with Gasteiger partial charge in [0.2, 0.25) is 0 Å². The summed E-state index contributed by atoms with van der Waals surface area (Å²) < 4.78 is 39.4. The number of alkyl halides is 3. The zero-order chi connectivity index (χ0) is 27.0. The first-order valence-electron chi connectivity index (χ1n) is 13.5. The maximum atomic E-state index is 14.0. The van der Waals surface area contributed by atoms with Crippen molar-refractivity contribution >= 4 is 17.6 Å². The van der Waals surface area contributed by atoms with Crippen LogP contribution in [0, 0.1) is 37.0 Å². The van der Waals surface area contributed by atoms with Crippen LogP contribution in [-0.4, -0.2) is 34.6 Å². The second kappa shape index (κ2) is 8.75. The van der Waals surface area contributed by atoms with Gasteiger partial charge in [0.1, 0.15) is 6.04 Å². The molecule has 8 heteroatoms. The summed E-state index contributed by atoms with van der Waals surface area (Å²) in [6.45, 7) is 4.26. The van der Waals surface area contributed by atoms with E-state index >= 15 is 0 Å². The lowest BCUT2D eigenvalue weighted by Gasteiger charge is -2.60. The lowest BCUT2D eigenvalue weighted by Crippen LogP contribution is -2.63. The van der Waals surface area contributed by atoms with E-state index in [4.69, 9.17) is 0 Å². The third-order valence-electron chi connectivity index (χ3n) is 9.70. The minimum atomic E-state index is -4.42. The van der Waals surface area contributed by atoms with Gasteiger partial charge in [-0.3, -0.25) is 4.79 Å². The van der Waals surface area contributed by atoms with Gasteiger partial charge in [-0.15, -0.1) is 0 Å². The van der Waals surface area contributed by atoms with Crippen LogP contribution in [0.5, 0.6) is 0 Å². The van der Waals surface area contributed by atoms with Gasteiger partial charge in [0.05, 0.1) is 23.5 Å². The van der Waals surface area contributed by atoms with Crippen LogP contribution in [0.2, 0.25) is 0 Å². The van der Waals surface area contributed by atoms with Crippen LogP contribution in [0.4, 0.5) is 18.9 Å². The predicted octanol–water partition coefficient (Wildman–Crippen LogP) is 6.41. The minimum absolute atomic E-state index is 0.0931. The number of amides is 1. The minimum Gasteiger partial charge on any atom is -0.480 e. The molecule has 0 spiro atoms. The molecular weight excluding hydrogens is 493 g/mol. The summed E-state index contributed by atoms with van der Waals surface area (Å²) in [4.78, 5) is 30.5. The molecule has 5 nitrogen and oxygen atoms in total. The maximum Gasteiger partial charge on any atom is 0.416 e. The number of aliphatic carboxylic acids is 1. The number of rotatable bonds is 5. The highest BCUT2D eigenvalue weighted by Gasteiger charge is 2.59. The first-order chi connectivity index (χ1) is 17.9. The Bertz CT molecular complexity index is 1250. The predicted molar refractivity (Wildman–Crippen MR) is 137 cm³/mol. The molecule has 1 amide bonds. The summed E-state index contributed by atoms with van der Waals surface area (Å²) in [7, 11) is 0. The fourth-order valence-electron chi connectivity index (χ4n) is 8.44. The average molecular weight is 527 g/mol. The molecule has 0 radical (unpaired) electrons. The quantitative estimate of drug-likeness (QED) is 0.489. The number of carboxylic acid groups (broad SMARTS) is 1. The number of hydrogen-bond donors (Lipinski definition) is 1. The molecule has 0 aromatic heterocycles. The number of nitrogens with zero attached hydrogens (tertiary/aromatic N) is 2. The Morgan fingerprint density at radius 2 is 1.58 bits per heavy atom. The second-order valence-corrected chi connectivity index (χ2v) is 12.2. The Balaban J connectivity index is 1.39. The first-order valence-corrected chi connectivity index (χ1v) is 13.5. The number of carbonyl (C=O) groups is 2. The normalized spacial score (nSPS) is 29.0. The van der Waals surface area contributed by atoms with E-state index in [1.165, 1.54) is 31.4 Å². The molecule has 1 atom stereocenters. The van der Waals surface area contributed by atoms with E-state index in [2.05, 4.69) is 0 Å². The van der Waals surface area contributed by atoms with E-state index in [1.54, 1.807) is 11.0 Å². The number of anilines is 1. The summed E-state index contributed by atoms with van der Waals surface area (Å²) >= 11 is 0. The zero-order valence-corrected chi connectivity index (χ0v) is 21.7. The number of carbonyl (C=O) groups excluding carboxylic acids is 1. The molecule has 0 saturated heterocycles. The van der Waals surface area contributed by atoms with Gasteiger partial charge in [0.25, 0.3) is 5.91 Å². The van der Waals surface area contributed by atoms with Crippen molar-refractivity contribution in [1.82, 2.24) is 4.90 Å². The second-order valence-electron chi connectivity index (χ2n) is 12.2. The largest absolute Gasteiger partial charge is 0.480 e. The van der Waals surface area contributed by atoms with Gasteiger partial charge in [-0.25, -0.2) is 4.79 Å². The summed E-state index contributed by atoms with van der Waals surface area (Å²) in [6, 6.07) is 7.79. The number of benzene rings is 2. The standard InChI is InChI=1S/C30H33F3N2O3/c1-17-3-8-24-25(18(17)2)34(15-19-4-6-23(7-5-19)30(31,32)33)16-35(27(24)36)26(28(37)38)29-12-20-9-21(13-29)11-22(10-20)14-29/h3-8,20-22,26H,9-16H2,1-2H3,(H,37,38). The smallest absolute Gasteiger partial charge is 0.416 e. The average Bonchev–Trinajstić information content (AvgIpc) is 2.82. The molecule has 202 valence electrons. The van der Waals surface area contributed by atoms with Crippen LogP contribution in [0.1, 0.15) is 71.1 Å². The summed E-state index contributed by atoms with van der Waals surface area (Å²) in [5, 5.41) is 10.6. The van der Waals surface area contributed by atoms with Crippen molar-refractivity contribution in [3.8, 4) is 0 Å². The Labute approximate surface area is 220 Å². The van der Waals surface area contributed by atoms with E-state index in [0.717, 1.165) is 48.2 Å². The molecular formula is C30H33F3N2O3. The maximum absolute atomic E-state index is 14.0. The lowest BCUT2D eigenvalue weighted by atomic mass is 9.47. The van der Waals surface area contributed by atoms with Gasteiger partial charge in [-0.2, -0.15) is 13.2 Å². The van der Waals surface area contributed by atoms with Crippen LogP contribution >= 0.6 is 0 Å². The Kier molecular flexibility index (Phi) is 5.81. The van der Waals surface area contributed by atoms with Crippen LogP contribution in [0.3, 0.4) is 0 Å². The summed E-state index contributed by atoms with van der Waals surface area (Å²) in [5.41, 5.74) is 2.65. The van der Waals surface area contributed by atoms with Gasteiger partial charge in [-0.05, 0) is 105 Å². The van der Waals surface area contributed by atoms with Crippen LogP contribution in [0.25, 0.3) is 0 Å². The number of hydrogen-bond acceptors (Lipinski definition) is 3. The van der Waals surface area contributed by atoms with Gasteiger partial charge in [-0.1, -0.05) is 18.2 Å². The van der Waals surface area contributed by atoms with E-state index < -0.39 is 29.2 Å². The highest BCUT2D eigenvalue weighted by Crippen LogP contribution is 2.62. The molecule has 1 N–H and O–H groups in total. The zero-order valence-electron chi connectivity index (χ0n) is 21.7. The molecule has 4 saturated carbocycles. The van der Waals surface area contributed by atoms with Crippen molar-refractivity contribution in [2.45, 2.75) is 71.1 Å². The molecule has 2 aromatic carbocycles. The van der Waals surface area contributed by atoms with Gasteiger partial charge >= 0.3 is 12.1 Å². The SMILES string of the molecule is Cc1ccc2c(c1C)N(Cc1ccc(C(F)(F)F)cc1)CN(C(C(=O)O)C13CC4CC(CC(C4)C1)C3)C2=O. The topological polar surface area (TPSA) is 60.9 Å². The molecule has 7 rings (SSSR count). The number of halogens is 3. The van der Waals surface area contributed by atoms with E-state index in [-0.39, 0.29) is 19.1 Å². The summed E-state index contributed by atoms with van der Waals surface area (Å²) in [6.07, 6.45) is 1.62. The Hall–Kier alpha value is -3.03. The molecule has 1 heterocycles. The van der Waals surface area contributed by atoms with Crippen molar-refractivity contribution in [1.29, 1.82) is 0 Å². The molecule has 4 aliphatic carbocycles. The van der Waals surface area contributed by atoms with Crippen molar-refractivity contribution in [2.24, 2.45) is 23.2 Å². The third-order valence-corrected chi connectivity index (χ3v) is 9.70. The highest BCUT2D eigenvalue weighted by molar-refractivity contribution is 6.04. The molecule has 1 aliphatic heterocycles. The number of fused-ring (bicyclic) bond motifs is 1. The van der Waals surface area contributed by atoms with Gasteiger partial charge in [0, 0.05) is 12.0 Å². The Morgan fingerprint density at radius 3 is 2.11 bits per heavy atom. The van der Waals surface area contributed by atoms with Crippen LogP contribution < -0.4 is 4.90 Å². The molecule has 2 aromatic rings. The lowest BCUT2D eigenvalue weighted by molar-refractivity contribution is -0.159. The van der Waals surface area contributed by atoms with E-state index in [9.17, 15) is 27.9 Å². The molecule has 4 bridgehead atoms. The molecule has 5 aliphatic rings. The van der Waals surface area contributed by atoms with Crippen molar-refractivity contribution < 1.29 is 27.9 Å². The van der Waals surface area contributed by atoms with Crippen LogP contribution in [0.15, 0.2) is 36.4 Å². The molecule has 38 heavy (non-hydrogen) atoms. The monoisotopic (exact) mass is 526 g/mol. The van der Waals surface area contributed by atoms with E-state index in [0.29, 0.717) is 28.9 Å². The number of carboxylic acids is 1. The van der Waals surface area contributed by atoms with Crippen molar-refractivity contribution in [2.75, 3.05) is 11.6 Å². The third kappa shape index (κ3) is 4.07. The fraction of sp³-hybridized carbons (Fsp3) is 0.533. The number of aryl methyl sites for hydroxylation is 1. The van der Waals surface area contributed by atoms with Gasteiger partial charge < -0.3 is 14.9 Å². The highest BCUT2D eigenvalue weighted by atomic mass is 19.4. The summed E-state index contributed by atoms with van der Waals surface area (Å²) in [5.74, 6) is 0.368. The van der Waals surface area contributed by atoms with Crippen LogP contribution in [-0.2, 0) is 17.5 Å². The van der Waals surface area contributed by atoms with Gasteiger partial charge in [0.15, 0.2) is 0 Å². The van der Waals surface area contributed by atoms with Crippen molar-refractivity contribution in [3.63, 3.8) is 0 Å². The Morgan fingerprint density at radius 1 is 1.00 bits per heavy atom. The van der Waals surface area contributed by atoms with E-state index in [1.807, 2.05) is 24.8 Å². The molecule has 1 unspecified atom stereocenters. The first kappa shape index (κ1) is 25.3. The van der Waals surface area contributed by atoms with Crippen molar-refractivity contribution in [3.05, 3.63) is 64.2 Å². The fourth-order valence-corrected chi connectivity index (χ4v) is 8.44. The molecule has 4 fully saturated rings.